The van der Waals surface area contributed by atoms with Gasteiger partial charge < -0.3 is 9.84 Å². The SMILES string of the molecule is CC(C)(C)OC(=O)N(CC(O)c1cccc(Cl)c1)C1(CC#N)CC1. The second-order valence-corrected chi connectivity index (χ2v) is 7.66. The number of halogens is 1. The Morgan fingerprint density at radius 1 is 1.50 bits per heavy atom. The van der Waals surface area contributed by atoms with E-state index in [-0.39, 0.29) is 13.0 Å². The molecule has 1 aromatic rings. The molecule has 0 heterocycles. The van der Waals surface area contributed by atoms with E-state index in [9.17, 15) is 9.90 Å². The Morgan fingerprint density at radius 3 is 2.67 bits per heavy atom. The van der Waals surface area contributed by atoms with Gasteiger partial charge in [0.1, 0.15) is 5.60 Å². The van der Waals surface area contributed by atoms with Crippen LogP contribution in [0, 0.1) is 11.3 Å². The molecule has 1 saturated carbocycles. The number of aliphatic hydroxyl groups excluding tert-OH is 1. The molecule has 0 spiro atoms. The fourth-order valence-corrected chi connectivity index (χ4v) is 2.80. The molecule has 1 unspecified atom stereocenters. The van der Waals surface area contributed by atoms with E-state index in [2.05, 4.69) is 6.07 Å². The van der Waals surface area contributed by atoms with Crippen LogP contribution in [0.15, 0.2) is 24.3 Å². The molecule has 0 saturated heterocycles. The van der Waals surface area contributed by atoms with Gasteiger partial charge in [-0.1, -0.05) is 23.7 Å². The summed E-state index contributed by atoms with van der Waals surface area (Å²) in [5.74, 6) is 0. The van der Waals surface area contributed by atoms with Gasteiger partial charge in [0, 0.05) is 5.02 Å². The zero-order valence-electron chi connectivity index (χ0n) is 14.3. The van der Waals surface area contributed by atoms with Crippen LogP contribution in [0.1, 0.15) is 51.7 Å². The molecule has 24 heavy (non-hydrogen) atoms. The third kappa shape index (κ3) is 4.62. The van der Waals surface area contributed by atoms with Crippen molar-refractivity contribution in [1.82, 2.24) is 4.90 Å². The number of carbonyl (C=O) groups is 1. The van der Waals surface area contributed by atoms with E-state index in [0.717, 1.165) is 12.8 Å². The van der Waals surface area contributed by atoms with Crippen LogP contribution in [0.2, 0.25) is 5.02 Å². The highest BCUT2D eigenvalue weighted by Crippen LogP contribution is 2.46. The number of aliphatic hydroxyl groups is 1. The maximum absolute atomic E-state index is 12.6. The number of rotatable bonds is 5. The molecule has 1 N–H and O–H groups in total. The molecule has 1 aliphatic rings. The molecule has 1 fully saturated rings. The van der Waals surface area contributed by atoms with Crippen LogP contribution < -0.4 is 0 Å². The first-order valence-electron chi connectivity index (χ1n) is 7.98. The average Bonchev–Trinajstić information content (AvgIpc) is 3.23. The Hall–Kier alpha value is -1.77. The molecule has 2 rings (SSSR count). The summed E-state index contributed by atoms with van der Waals surface area (Å²) in [6.07, 6.45) is 0.308. The third-order valence-electron chi connectivity index (χ3n) is 4.01. The summed E-state index contributed by atoms with van der Waals surface area (Å²) in [6.45, 7) is 5.44. The largest absolute Gasteiger partial charge is 0.444 e. The lowest BCUT2D eigenvalue weighted by Crippen LogP contribution is -2.46. The van der Waals surface area contributed by atoms with Crippen LogP contribution in [0.25, 0.3) is 0 Å². The lowest BCUT2D eigenvalue weighted by molar-refractivity contribution is 0.000229. The Labute approximate surface area is 147 Å². The first kappa shape index (κ1) is 18.6. The number of nitrogens with zero attached hydrogens (tertiary/aromatic N) is 2. The fourth-order valence-electron chi connectivity index (χ4n) is 2.60. The lowest BCUT2D eigenvalue weighted by atomic mass is 10.1. The van der Waals surface area contributed by atoms with Gasteiger partial charge in [0.15, 0.2) is 0 Å². The number of nitriles is 1. The van der Waals surface area contributed by atoms with Crippen molar-refractivity contribution in [3.8, 4) is 6.07 Å². The minimum atomic E-state index is -0.896. The number of β-amino-alcohol motifs (C(OH)–C–C–N with tert-alkyl or cyclic N) is 1. The summed E-state index contributed by atoms with van der Waals surface area (Å²) in [4.78, 5) is 14.1. The van der Waals surface area contributed by atoms with Crippen LogP contribution in [0.3, 0.4) is 0 Å². The summed E-state index contributed by atoms with van der Waals surface area (Å²) < 4.78 is 5.47. The summed E-state index contributed by atoms with van der Waals surface area (Å²) in [5, 5.41) is 20.1. The van der Waals surface area contributed by atoms with Crippen molar-refractivity contribution in [2.45, 2.75) is 57.3 Å². The number of ether oxygens (including phenoxy) is 1. The number of benzene rings is 1. The van der Waals surface area contributed by atoms with Gasteiger partial charge in [-0.2, -0.15) is 5.26 Å². The van der Waals surface area contributed by atoms with Crippen molar-refractivity contribution in [2.24, 2.45) is 0 Å². The van der Waals surface area contributed by atoms with Gasteiger partial charge in [-0.05, 0) is 51.3 Å². The van der Waals surface area contributed by atoms with Gasteiger partial charge in [0.25, 0.3) is 0 Å². The molecular weight excluding hydrogens is 328 g/mol. The van der Waals surface area contributed by atoms with E-state index in [0.29, 0.717) is 10.6 Å². The summed E-state index contributed by atoms with van der Waals surface area (Å²) in [6, 6.07) is 9.04. The molecule has 6 heteroatoms. The van der Waals surface area contributed by atoms with Gasteiger partial charge in [-0.3, -0.25) is 4.90 Å². The maximum atomic E-state index is 12.6. The number of amides is 1. The van der Waals surface area contributed by atoms with Gasteiger partial charge in [-0.15, -0.1) is 0 Å². The number of hydrogen-bond donors (Lipinski definition) is 1. The summed E-state index contributed by atoms with van der Waals surface area (Å²) in [7, 11) is 0. The predicted octanol–water partition coefficient (Wildman–Crippen LogP) is 4.06. The molecule has 130 valence electrons. The molecule has 1 amide bonds. The van der Waals surface area contributed by atoms with Crippen LogP contribution in [-0.2, 0) is 4.74 Å². The zero-order valence-corrected chi connectivity index (χ0v) is 15.0. The Morgan fingerprint density at radius 2 is 2.17 bits per heavy atom. The normalized spacial score (nSPS) is 16.8. The maximum Gasteiger partial charge on any atom is 0.410 e. The van der Waals surface area contributed by atoms with E-state index in [4.69, 9.17) is 21.6 Å². The second-order valence-electron chi connectivity index (χ2n) is 7.22. The minimum absolute atomic E-state index is 0.0664. The third-order valence-corrected chi connectivity index (χ3v) is 4.25. The highest BCUT2D eigenvalue weighted by atomic mass is 35.5. The van der Waals surface area contributed by atoms with E-state index < -0.39 is 23.3 Å². The molecular formula is C18H23ClN2O3. The van der Waals surface area contributed by atoms with Crippen molar-refractivity contribution in [3.05, 3.63) is 34.9 Å². The van der Waals surface area contributed by atoms with Gasteiger partial charge in [0.05, 0.1) is 30.7 Å². The molecule has 0 aromatic heterocycles. The van der Waals surface area contributed by atoms with Crippen LogP contribution >= 0.6 is 11.6 Å². The summed E-state index contributed by atoms with van der Waals surface area (Å²) in [5.41, 5.74) is -0.542. The molecule has 0 radical (unpaired) electrons. The smallest absolute Gasteiger partial charge is 0.410 e. The first-order chi connectivity index (χ1) is 11.2. The molecule has 0 bridgehead atoms. The van der Waals surface area contributed by atoms with Crippen LogP contribution in [0.5, 0.6) is 0 Å². The van der Waals surface area contributed by atoms with Gasteiger partial charge in [0.2, 0.25) is 0 Å². The number of carbonyl (C=O) groups excluding carboxylic acids is 1. The van der Waals surface area contributed by atoms with Crippen molar-refractivity contribution in [2.75, 3.05) is 6.54 Å². The van der Waals surface area contributed by atoms with Gasteiger partial charge >= 0.3 is 6.09 Å². The zero-order chi connectivity index (χ0) is 18.0. The summed E-state index contributed by atoms with van der Waals surface area (Å²) >= 11 is 5.97. The van der Waals surface area contributed by atoms with Crippen LogP contribution in [0.4, 0.5) is 4.79 Å². The van der Waals surface area contributed by atoms with Crippen molar-refractivity contribution >= 4 is 17.7 Å². The van der Waals surface area contributed by atoms with Crippen molar-refractivity contribution in [3.63, 3.8) is 0 Å². The standard InChI is InChI=1S/C18H23ClN2O3/c1-17(2,3)24-16(23)21(18(7-8-18)9-10-20)12-15(22)13-5-4-6-14(19)11-13/h4-6,11,15,22H,7-9,12H2,1-3H3. The Kier molecular flexibility index (Phi) is 5.42. The van der Waals surface area contributed by atoms with Crippen molar-refractivity contribution < 1.29 is 14.6 Å². The van der Waals surface area contributed by atoms with E-state index in [1.54, 1.807) is 45.0 Å². The molecule has 0 aliphatic heterocycles. The highest BCUT2D eigenvalue weighted by molar-refractivity contribution is 6.30. The monoisotopic (exact) mass is 350 g/mol. The molecule has 1 atom stereocenters. The molecule has 1 aromatic carbocycles. The topological polar surface area (TPSA) is 73.6 Å². The first-order valence-corrected chi connectivity index (χ1v) is 8.36. The van der Waals surface area contributed by atoms with E-state index in [1.165, 1.54) is 4.90 Å². The quantitative estimate of drug-likeness (QED) is 0.869. The van der Waals surface area contributed by atoms with E-state index in [1.807, 2.05) is 0 Å². The highest BCUT2D eigenvalue weighted by Gasteiger charge is 2.51. The average molecular weight is 351 g/mol. The second kappa shape index (κ2) is 7.00. The van der Waals surface area contributed by atoms with E-state index >= 15 is 0 Å². The Balaban J connectivity index is 2.20. The lowest BCUT2D eigenvalue weighted by Gasteiger charge is -2.34. The fraction of sp³-hybridized carbons (Fsp3) is 0.556. The van der Waals surface area contributed by atoms with Crippen molar-refractivity contribution in [1.29, 1.82) is 5.26 Å². The minimum Gasteiger partial charge on any atom is -0.444 e. The number of hydrogen-bond acceptors (Lipinski definition) is 4. The predicted molar refractivity (Wildman–Crippen MR) is 91.5 cm³/mol. The van der Waals surface area contributed by atoms with Gasteiger partial charge in [-0.25, -0.2) is 4.79 Å². The van der Waals surface area contributed by atoms with Crippen LogP contribution in [-0.4, -0.2) is 33.8 Å². The molecule has 1 aliphatic carbocycles. The Bertz CT molecular complexity index is 644. The molecule has 5 nitrogen and oxygen atoms in total.